The summed E-state index contributed by atoms with van der Waals surface area (Å²) in [6.07, 6.45) is 5.58. The van der Waals surface area contributed by atoms with Crippen LogP contribution in [0.15, 0.2) is 12.2 Å². The zero-order chi connectivity index (χ0) is 8.69. The highest BCUT2D eigenvalue weighted by molar-refractivity contribution is 4.80. The summed E-state index contributed by atoms with van der Waals surface area (Å²) in [4.78, 5) is 0. The lowest BCUT2D eigenvalue weighted by Gasteiger charge is -2.17. The normalized spacial score (nSPS) is 17.1. The van der Waals surface area contributed by atoms with Gasteiger partial charge in [-0.2, -0.15) is 0 Å². The lowest BCUT2D eigenvalue weighted by Crippen LogP contribution is -2.21. The quantitative estimate of drug-likeness (QED) is 0.601. The first-order chi connectivity index (χ1) is 5.22. The summed E-state index contributed by atoms with van der Waals surface area (Å²) in [6, 6.07) is 0. The number of nitrogens with one attached hydrogen (secondary N) is 1. The van der Waals surface area contributed by atoms with Gasteiger partial charge in [0.1, 0.15) is 0 Å². The summed E-state index contributed by atoms with van der Waals surface area (Å²) in [6.45, 7) is 7.81. The van der Waals surface area contributed by atoms with E-state index >= 15 is 0 Å². The first kappa shape index (κ1) is 10.7. The molecule has 0 spiro atoms. The van der Waals surface area contributed by atoms with Gasteiger partial charge >= 0.3 is 0 Å². The molecule has 0 bridgehead atoms. The van der Waals surface area contributed by atoms with Gasteiger partial charge in [0.05, 0.1) is 0 Å². The van der Waals surface area contributed by atoms with Gasteiger partial charge in [0, 0.05) is 0 Å². The monoisotopic (exact) mass is 155 g/mol. The Morgan fingerprint density at radius 1 is 1.27 bits per heavy atom. The van der Waals surface area contributed by atoms with E-state index in [-0.39, 0.29) is 0 Å². The maximum Gasteiger partial charge on any atom is -0.00235 e. The van der Waals surface area contributed by atoms with Crippen LogP contribution in [-0.4, -0.2) is 13.6 Å². The summed E-state index contributed by atoms with van der Waals surface area (Å²) in [5.74, 6) is 1.56. The van der Waals surface area contributed by atoms with Gasteiger partial charge in [-0.3, -0.25) is 0 Å². The molecule has 0 fully saturated rings. The molecule has 0 heterocycles. The minimum atomic E-state index is 0.774. The van der Waals surface area contributed by atoms with E-state index in [0.29, 0.717) is 0 Å². The van der Waals surface area contributed by atoms with Gasteiger partial charge in [-0.15, -0.1) is 0 Å². The highest BCUT2D eigenvalue weighted by Gasteiger charge is 2.08. The van der Waals surface area contributed by atoms with Gasteiger partial charge in [-0.1, -0.05) is 26.0 Å². The average molecular weight is 155 g/mol. The molecule has 0 radical (unpaired) electrons. The molecule has 1 N–H and O–H groups in total. The molecule has 2 atom stereocenters. The molecule has 1 heteroatoms. The summed E-state index contributed by atoms with van der Waals surface area (Å²) >= 11 is 0. The second-order valence-corrected chi connectivity index (χ2v) is 3.32. The fourth-order valence-electron chi connectivity index (χ4n) is 1.11. The molecule has 0 amide bonds. The van der Waals surface area contributed by atoms with Crippen LogP contribution in [0, 0.1) is 11.8 Å². The highest BCUT2D eigenvalue weighted by atomic mass is 14.8. The molecule has 0 aliphatic heterocycles. The van der Waals surface area contributed by atoms with Gasteiger partial charge in [0.15, 0.2) is 0 Å². The van der Waals surface area contributed by atoms with Crippen LogP contribution in [0.4, 0.5) is 0 Å². The van der Waals surface area contributed by atoms with E-state index in [9.17, 15) is 0 Å². The Bertz CT molecular complexity index is 107. The number of allylic oxidation sites excluding steroid dienone is 2. The molecule has 0 aromatic rings. The number of hydrogen-bond donors (Lipinski definition) is 1. The topological polar surface area (TPSA) is 12.0 Å². The summed E-state index contributed by atoms with van der Waals surface area (Å²) in [5.41, 5.74) is 0. The van der Waals surface area contributed by atoms with Crippen LogP contribution >= 0.6 is 0 Å². The molecular formula is C10H21N. The molecule has 1 nitrogen and oxygen atoms in total. The van der Waals surface area contributed by atoms with E-state index in [1.165, 1.54) is 6.42 Å². The molecule has 0 saturated carbocycles. The zero-order valence-corrected chi connectivity index (χ0v) is 8.22. The molecular weight excluding hydrogens is 134 g/mol. The van der Waals surface area contributed by atoms with Crippen molar-refractivity contribution in [2.45, 2.75) is 27.2 Å². The van der Waals surface area contributed by atoms with Crippen LogP contribution in [0.1, 0.15) is 27.2 Å². The lowest BCUT2D eigenvalue weighted by atomic mass is 9.93. The van der Waals surface area contributed by atoms with E-state index in [1.807, 2.05) is 7.05 Å². The Hall–Kier alpha value is -0.300. The van der Waals surface area contributed by atoms with Crippen LogP contribution in [-0.2, 0) is 0 Å². The summed E-state index contributed by atoms with van der Waals surface area (Å²) in [5, 5.41) is 3.20. The van der Waals surface area contributed by atoms with Crippen molar-refractivity contribution >= 4 is 0 Å². The van der Waals surface area contributed by atoms with Crippen LogP contribution in [0.2, 0.25) is 0 Å². The zero-order valence-electron chi connectivity index (χ0n) is 8.22. The van der Waals surface area contributed by atoms with Gasteiger partial charge in [-0.25, -0.2) is 0 Å². The number of rotatable bonds is 5. The Labute approximate surface area is 70.9 Å². The fraction of sp³-hybridized carbons (Fsp3) is 0.800. The highest BCUT2D eigenvalue weighted by Crippen LogP contribution is 2.14. The van der Waals surface area contributed by atoms with Crippen molar-refractivity contribution in [3.05, 3.63) is 12.2 Å². The minimum absolute atomic E-state index is 0.774. The van der Waals surface area contributed by atoms with E-state index in [0.717, 1.165) is 18.4 Å². The lowest BCUT2D eigenvalue weighted by molar-refractivity contribution is 0.379. The van der Waals surface area contributed by atoms with Gasteiger partial charge in [0.25, 0.3) is 0 Å². The minimum Gasteiger partial charge on any atom is -0.319 e. The Morgan fingerprint density at radius 3 is 2.36 bits per heavy atom. The Kier molecular flexibility index (Phi) is 6.24. The smallest absolute Gasteiger partial charge is 0.00235 e. The van der Waals surface area contributed by atoms with E-state index < -0.39 is 0 Å². The molecule has 2 unspecified atom stereocenters. The van der Waals surface area contributed by atoms with Crippen LogP contribution < -0.4 is 5.32 Å². The van der Waals surface area contributed by atoms with Gasteiger partial charge in [-0.05, 0) is 38.8 Å². The molecule has 0 rings (SSSR count). The number of hydrogen-bond acceptors (Lipinski definition) is 1. The maximum atomic E-state index is 3.20. The first-order valence-electron chi connectivity index (χ1n) is 4.48. The third kappa shape index (κ3) is 5.02. The third-order valence-corrected chi connectivity index (χ3v) is 2.24. The fourth-order valence-corrected chi connectivity index (χ4v) is 1.11. The predicted molar refractivity (Wildman–Crippen MR) is 51.7 cm³/mol. The molecule has 11 heavy (non-hydrogen) atoms. The van der Waals surface area contributed by atoms with Crippen molar-refractivity contribution in [3.63, 3.8) is 0 Å². The molecule has 0 aliphatic carbocycles. The summed E-state index contributed by atoms with van der Waals surface area (Å²) in [7, 11) is 2.01. The average Bonchev–Trinajstić information content (AvgIpc) is 2.00. The van der Waals surface area contributed by atoms with E-state index in [1.54, 1.807) is 0 Å². The van der Waals surface area contributed by atoms with Crippen molar-refractivity contribution in [2.24, 2.45) is 11.8 Å². The largest absolute Gasteiger partial charge is 0.319 e. The van der Waals surface area contributed by atoms with Crippen LogP contribution in [0.25, 0.3) is 0 Å². The molecule has 0 aromatic carbocycles. The van der Waals surface area contributed by atoms with Crippen molar-refractivity contribution < 1.29 is 0 Å². The molecule has 0 aliphatic rings. The second-order valence-electron chi connectivity index (χ2n) is 3.32. The SMILES string of the molecule is C/C=C/CC(C)C(C)CNC. The van der Waals surface area contributed by atoms with Crippen LogP contribution in [0.5, 0.6) is 0 Å². The Balaban J connectivity index is 3.54. The molecule has 0 saturated heterocycles. The molecule has 66 valence electrons. The Morgan fingerprint density at radius 2 is 1.91 bits per heavy atom. The van der Waals surface area contributed by atoms with Crippen molar-refractivity contribution in [1.82, 2.24) is 5.32 Å². The van der Waals surface area contributed by atoms with E-state index in [4.69, 9.17) is 0 Å². The molecule has 0 aromatic heterocycles. The predicted octanol–water partition coefficient (Wildman–Crippen LogP) is 2.44. The van der Waals surface area contributed by atoms with Gasteiger partial charge < -0.3 is 5.32 Å². The first-order valence-corrected chi connectivity index (χ1v) is 4.48. The van der Waals surface area contributed by atoms with Crippen molar-refractivity contribution in [1.29, 1.82) is 0 Å². The van der Waals surface area contributed by atoms with Crippen LogP contribution in [0.3, 0.4) is 0 Å². The van der Waals surface area contributed by atoms with E-state index in [2.05, 4.69) is 38.2 Å². The second kappa shape index (κ2) is 6.41. The van der Waals surface area contributed by atoms with Gasteiger partial charge in [0.2, 0.25) is 0 Å². The van der Waals surface area contributed by atoms with Crippen molar-refractivity contribution in [3.8, 4) is 0 Å². The standard InChI is InChI=1S/C10H21N/c1-5-6-7-9(2)10(3)8-11-4/h5-6,9-11H,7-8H2,1-4H3/b6-5+. The third-order valence-electron chi connectivity index (χ3n) is 2.24. The van der Waals surface area contributed by atoms with Crippen molar-refractivity contribution in [2.75, 3.05) is 13.6 Å². The summed E-state index contributed by atoms with van der Waals surface area (Å²) < 4.78 is 0. The maximum absolute atomic E-state index is 3.20.